The van der Waals surface area contributed by atoms with Gasteiger partial charge in [0.15, 0.2) is 23.2 Å². The number of carboxylic acids is 1. The first kappa shape index (κ1) is 37.7. The van der Waals surface area contributed by atoms with E-state index in [1.807, 2.05) is 21.8 Å². The number of anilines is 1. The van der Waals surface area contributed by atoms with Crippen LogP contribution in [0.2, 0.25) is 0 Å². The highest BCUT2D eigenvalue weighted by Crippen LogP contribution is 2.40. The summed E-state index contributed by atoms with van der Waals surface area (Å²) >= 11 is 0.974. The third-order valence-electron chi connectivity index (χ3n) is 8.48. The Morgan fingerprint density at radius 2 is 1.96 bits per heavy atom. The number of nitrogen functional groups attached to an aromatic ring is 1. The molecule has 1 amide bonds. The van der Waals surface area contributed by atoms with Crippen LogP contribution in [-0.4, -0.2) is 105 Å². The van der Waals surface area contributed by atoms with Crippen molar-refractivity contribution < 1.29 is 56.1 Å². The van der Waals surface area contributed by atoms with Crippen LogP contribution in [0.25, 0.3) is 11.1 Å². The fourth-order valence-corrected chi connectivity index (χ4v) is 6.46. The molecule has 19 nitrogen and oxygen atoms in total. The second-order valence-electron chi connectivity index (χ2n) is 12.6. The molecule has 2 saturated heterocycles. The normalized spacial score (nSPS) is 18.8. The number of amides is 1. The maximum absolute atomic E-state index is 13.4. The minimum absolute atomic E-state index is 0.0417. The molecule has 4 heterocycles. The number of thiazole rings is 1. The number of ether oxygens (including phenoxy) is 1. The summed E-state index contributed by atoms with van der Waals surface area (Å²) in [5, 5.41) is 28.8. The highest BCUT2D eigenvalue weighted by molar-refractivity contribution is 7.80. The van der Waals surface area contributed by atoms with Crippen LogP contribution in [0.3, 0.4) is 0 Å². The van der Waals surface area contributed by atoms with E-state index >= 15 is 0 Å². The predicted octanol–water partition coefficient (Wildman–Crippen LogP) is -1.14. The highest BCUT2D eigenvalue weighted by Gasteiger charge is 2.57. The molecule has 7 N–H and O–H groups in total. The molecule has 276 valence electrons. The maximum atomic E-state index is 13.4. The van der Waals surface area contributed by atoms with Gasteiger partial charge in [-0.1, -0.05) is 17.3 Å². The van der Waals surface area contributed by atoms with Gasteiger partial charge in [0, 0.05) is 37.4 Å². The zero-order chi connectivity index (χ0) is 37.1. The van der Waals surface area contributed by atoms with Crippen molar-refractivity contribution in [3.8, 4) is 16.9 Å². The Kier molecular flexibility index (Phi) is 11.4. The average molecular weight is 751 g/mol. The lowest BCUT2D eigenvalue weighted by atomic mass is 9.74. The summed E-state index contributed by atoms with van der Waals surface area (Å²) in [5.74, 6) is -3.49. The number of aliphatic carboxylic acids is 1. The van der Waals surface area contributed by atoms with E-state index in [4.69, 9.17) is 21.0 Å². The van der Waals surface area contributed by atoms with E-state index in [9.17, 15) is 37.6 Å². The molecule has 0 spiro atoms. The first-order valence-electron chi connectivity index (χ1n) is 15.7. The quantitative estimate of drug-likeness (QED) is 0.0257. The van der Waals surface area contributed by atoms with E-state index in [2.05, 4.69) is 19.7 Å². The Hall–Kier alpha value is -4.51. The lowest BCUT2D eigenvalue weighted by Crippen LogP contribution is -2.68. The van der Waals surface area contributed by atoms with Gasteiger partial charge in [-0.2, -0.15) is 14.0 Å². The Balaban J connectivity index is 1.26. The van der Waals surface area contributed by atoms with Gasteiger partial charge in [0.1, 0.15) is 24.2 Å². The molecule has 21 heteroatoms. The number of aliphatic hydroxyl groups is 1. The predicted molar refractivity (Wildman–Crippen MR) is 177 cm³/mol. The Morgan fingerprint density at radius 3 is 2.51 bits per heavy atom. The van der Waals surface area contributed by atoms with Crippen LogP contribution < -0.4 is 26.2 Å². The summed E-state index contributed by atoms with van der Waals surface area (Å²) in [5.41, 5.74) is 11.3. The van der Waals surface area contributed by atoms with E-state index < -0.39 is 70.5 Å². The fourth-order valence-electron chi connectivity index (χ4n) is 5.46. The number of hydrogen-bond donors (Lipinski definition) is 5. The number of rotatable bonds is 18. The van der Waals surface area contributed by atoms with Gasteiger partial charge in [0.05, 0.1) is 29.8 Å². The monoisotopic (exact) mass is 750 g/mol. The van der Waals surface area contributed by atoms with Crippen LogP contribution in [0.4, 0.5) is 5.13 Å². The van der Waals surface area contributed by atoms with Crippen LogP contribution >= 0.6 is 11.3 Å². The minimum Gasteiger partial charge on any atom is -0.724 e. The number of ketones is 1. The fraction of sp³-hybridized carbons (Fsp3) is 0.467. The molecule has 2 aliphatic heterocycles. The van der Waals surface area contributed by atoms with Gasteiger partial charge in [-0.15, -0.1) is 16.0 Å². The number of carboxylic acid groups (broad SMARTS) is 1. The number of aromatic nitrogens is 3. The number of hydroxylamine groups is 2. The number of carbonyl (C=O) groups is 3. The second kappa shape index (κ2) is 15.4. The zero-order valence-corrected chi connectivity index (χ0v) is 29.2. The molecule has 0 radical (unpaired) electrons. The van der Waals surface area contributed by atoms with Gasteiger partial charge in [0.25, 0.3) is 12.0 Å². The molecule has 1 unspecified atom stereocenters. The summed E-state index contributed by atoms with van der Waals surface area (Å²) in [6.07, 6.45) is 0.998. The van der Waals surface area contributed by atoms with Crippen LogP contribution in [0.5, 0.6) is 5.75 Å². The van der Waals surface area contributed by atoms with Crippen molar-refractivity contribution in [2.24, 2.45) is 22.7 Å². The molecule has 3 aromatic rings. The van der Waals surface area contributed by atoms with Crippen molar-refractivity contribution in [1.29, 1.82) is 0 Å². The van der Waals surface area contributed by atoms with Gasteiger partial charge in [-0.3, -0.25) is 9.59 Å². The Labute approximate surface area is 296 Å². The number of nitrogens with zero attached hydrogens (tertiary/aromatic N) is 5. The van der Waals surface area contributed by atoms with Crippen molar-refractivity contribution in [1.82, 2.24) is 20.0 Å². The van der Waals surface area contributed by atoms with E-state index in [1.54, 1.807) is 24.3 Å². The third kappa shape index (κ3) is 9.05. The molecule has 0 saturated carbocycles. The van der Waals surface area contributed by atoms with Gasteiger partial charge < -0.3 is 41.1 Å². The van der Waals surface area contributed by atoms with Gasteiger partial charge in [0.2, 0.25) is 16.6 Å². The number of hydrogen-bond acceptors (Lipinski definition) is 16. The van der Waals surface area contributed by atoms with Crippen LogP contribution in [0.15, 0.2) is 47.2 Å². The molecule has 0 aliphatic carbocycles. The SMILES string of the molecule is CC1(C)C(CC(=O)/C(=N\O[C@@H](COc2ccc(-c3cn(CC4CNC4)[n+](C[C@@H](O)CN)c3)cc2)C(=O)O)c2csc(N)n2)C(=O)N1OS(=O)(=O)[O-]. The summed E-state index contributed by atoms with van der Waals surface area (Å²) in [6.45, 7) is 5.34. The van der Waals surface area contributed by atoms with Crippen molar-refractivity contribution in [3.63, 3.8) is 0 Å². The molecule has 2 fully saturated rings. The minimum atomic E-state index is -5.25. The molecule has 0 bridgehead atoms. The van der Waals surface area contributed by atoms with Crippen LogP contribution in [0.1, 0.15) is 26.0 Å². The van der Waals surface area contributed by atoms with Crippen molar-refractivity contribution in [2.45, 2.75) is 51.1 Å². The Morgan fingerprint density at radius 1 is 1.25 bits per heavy atom. The third-order valence-corrected chi connectivity index (χ3v) is 9.49. The van der Waals surface area contributed by atoms with Crippen molar-refractivity contribution >= 4 is 50.2 Å². The molecule has 2 aromatic heterocycles. The molecule has 3 atom stereocenters. The zero-order valence-electron chi connectivity index (χ0n) is 27.6. The van der Waals surface area contributed by atoms with E-state index in [0.717, 1.165) is 42.1 Å². The number of nitrogens with two attached hydrogens (primary N) is 2. The molecule has 5 rings (SSSR count). The Bertz CT molecular complexity index is 1870. The summed E-state index contributed by atoms with van der Waals surface area (Å²) in [7, 11) is -5.25. The number of aliphatic hydroxyl groups excluding tert-OH is 1. The molecular formula is C30H38N8O11S2. The number of carbonyl (C=O) groups excluding carboxylic acids is 2. The standard InChI is InChI=1S/C30H38N8O11S2/c1-30(2)22(27(41)38(30)49-51(44,45)46)7-24(40)26(23-16-50-29(32)34-23)35-48-25(28(42)43)15-47-21-5-3-18(4-6-21)19-12-36(11-17-9-33-10-17)37(13-19)14-20(39)8-31/h3-6,12-13,16-17,20,22,25,33,39H,7-11,14-15,31H2,1-2H3,(H3-,32,34,42,43,44,45,46)/b35-26-/t20-,22?,25-/m0/s1. The first-order valence-corrected chi connectivity index (χ1v) is 17.9. The molecule has 1 aromatic carbocycles. The number of β-lactam (4-membered cyclic amide) rings is 1. The van der Waals surface area contributed by atoms with E-state index in [-0.39, 0.29) is 17.4 Å². The van der Waals surface area contributed by atoms with E-state index in [1.165, 1.54) is 19.2 Å². The molecular weight excluding hydrogens is 713 g/mol. The highest BCUT2D eigenvalue weighted by atomic mass is 32.3. The largest absolute Gasteiger partial charge is 0.724 e. The lowest BCUT2D eigenvalue weighted by Gasteiger charge is -2.51. The summed E-state index contributed by atoms with van der Waals surface area (Å²) in [4.78, 5) is 47.3. The lowest BCUT2D eigenvalue weighted by molar-refractivity contribution is -0.780. The van der Waals surface area contributed by atoms with Crippen molar-refractivity contribution in [2.75, 3.05) is 32.0 Å². The second-order valence-corrected chi connectivity index (χ2v) is 14.5. The summed E-state index contributed by atoms with van der Waals surface area (Å²) < 4.78 is 47.0. The average Bonchev–Trinajstić information content (AvgIpc) is 3.66. The molecule has 51 heavy (non-hydrogen) atoms. The summed E-state index contributed by atoms with van der Waals surface area (Å²) in [6, 6.07) is 6.89. The number of nitrogens with one attached hydrogen (secondary N) is 1. The van der Waals surface area contributed by atoms with E-state index in [0.29, 0.717) is 23.3 Å². The first-order chi connectivity index (χ1) is 24.0. The maximum Gasteiger partial charge on any atom is 0.351 e. The number of Topliss-reactive ketones (excluding diaryl/α,β-unsaturated/α-hetero) is 1. The smallest absolute Gasteiger partial charge is 0.351 e. The van der Waals surface area contributed by atoms with Crippen LogP contribution in [0, 0.1) is 11.8 Å². The number of benzene rings is 1. The molecule has 2 aliphatic rings. The number of oxime groups is 1. The van der Waals surface area contributed by atoms with Crippen molar-refractivity contribution in [3.05, 3.63) is 47.7 Å². The topological polar surface area (TPSA) is 278 Å². The van der Waals surface area contributed by atoms with Gasteiger partial charge >= 0.3 is 5.97 Å². The van der Waals surface area contributed by atoms with Crippen LogP contribution in [-0.2, 0) is 47.0 Å². The van der Waals surface area contributed by atoms with Gasteiger partial charge in [-0.25, -0.2) is 18.2 Å². The van der Waals surface area contributed by atoms with Gasteiger partial charge in [-0.05, 0) is 31.5 Å².